The second kappa shape index (κ2) is 7.74. The summed E-state index contributed by atoms with van der Waals surface area (Å²) in [4.78, 5) is 27.5. The maximum atomic E-state index is 12.5. The Morgan fingerprint density at radius 2 is 2.22 bits per heavy atom. The summed E-state index contributed by atoms with van der Waals surface area (Å²) >= 11 is 3.50. The lowest BCUT2D eigenvalue weighted by atomic mass is 9.93. The number of morpholine rings is 1. The molecule has 3 heterocycles. The van der Waals surface area contributed by atoms with Gasteiger partial charge in [-0.2, -0.15) is 0 Å². The van der Waals surface area contributed by atoms with Crippen LogP contribution < -0.4 is 10.5 Å². The summed E-state index contributed by atoms with van der Waals surface area (Å²) in [6.07, 6.45) is 10.5. The summed E-state index contributed by atoms with van der Waals surface area (Å²) < 4.78 is 8.70. The standard InChI is InChI=1S/C19H20BrN5O2/c1-24-18(26)10-16(15-6-7-21-12-22-15)23-19(24)25-8-9-27-17(11-25)13-2-4-14(20)5-3-13/h2,4-7,10,12-13,17H,3,8-9,11H2,1H3/t13?,17-/m0/s1. The van der Waals surface area contributed by atoms with Crippen LogP contribution in [-0.4, -0.2) is 45.3 Å². The van der Waals surface area contributed by atoms with Crippen LogP contribution in [0.2, 0.25) is 0 Å². The number of rotatable bonds is 3. The molecular weight excluding hydrogens is 410 g/mol. The van der Waals surface area contributed by atoms with Crippen LogP contribution in [0, 0.1) is 5.92 Å². The molecule has 0 bridgehead atoms. The van der Waals surface area contributed by atoms with E-state index < -0.39 is 0 Å². The molecular formula is C19H20BrN5O2. The van der Waals surface area contributed by atoms with Crippen LogP contribution in [0.15, 0.2) is 52.2 Å². The molecule has 1 aliphatic carbocycles. The zero-order valence-electron chi connectivity index (χ0n) is 15.0. The Hall–Kier alpha value is -2.32. The molecule has 1 saturated heterocycles. The van der Waals surface area contributed by atoms with E-state index >= 15 is 0 Å². The van der Waals surface area contributed by atoms with Gasteiger partial charge in [0.1, 0.15) is 6.33 Å². The Kier molecular flexibility index (Phi) is 5.18. The van der Waals surface area contributed by atoms with Crippen LogP contribution in [0.5, 0.6) is 0 Å². The molecule has 2 atom stereocenters. The highest BCUT2D eigenvalue weighted by molar-refractivity contribution is 9.11. The third kappa shape index (κ3) is 3.86. The summed E-state index contributed by atoms with van der Waals surface area (Å²) in [5.74, 6) is 0.956. The predicted molar refractivity (Wildman–Crippen MR) is 107 cm³/mol. The molecule has 140 valence electrons. The van der Waals surface area contributed by atoms with E-state index in [-0.39, 0.29) is 11.7 Å². The number of halogens is 1. The minimum Gasteiger partial charge on any atom is -0.374 e. The summed E-state index contributed by atoms with van der Waals surface area (Å²) in [7, 11) is 1.75. The van der Waals surface area contributed by atoms with Gasteiger partial charge in [-0.15, -0.1) is 0 Å². The number of allylic oxidation sites excluding steroid dienone is 3. The summed E-state index contributed by atoms with van der Waals surface area (Å²) in [6.45, 7) is 1.99. The maximum absolute atomic E-state index is 12.5. The van der Waals surface area contributed by atoms with Crippen LogP contribution >= 0.6 is 15.9 Å². The van der Waals surface area contributed by atoms with Gasteiger partial charge in [0.25, 0.3) is 5.56 Å². The average molecular weight is 430 g/mol. The Morgan fingerprint density at radius 1 is 1.33 bits per heavy atom. The second-order valence-electron chi connectivity index (χ2n) is 6.64. The summed E-state index contributed by atoms with van der Waals surface area (Å²) in [5, 5.41) is 0. The van der Waals surface area contributed by atoms with Crippen molar-refractivity contribution in [1.82, 2.24) is 19.5 Å². The molecule has 0 amide bonds. The molecule has 7 nitrogen and oxygen atoms in total. The molecule has 0 N–H and O–H groups in total. The van der Waals surface area contributed by atoms with E-state index in [1.807, 2.05) is 0 Å². The van der Waals surface area contributed by atoms with Gasteiger partial charge in [0.2, 0.25) is 5.95 Å². The number of ether oxygens (including phenoxy) is 1. The highest BCUT2D eigenvalue weighted by Crippen LogP contribution is 2.27. The third-order valence-electron chi connectivity index (χ3n) is 4.90. The Morgan fingerprint density at radius 3 is 2.96 bits per heavy atom. The minimum absolute atomic E-state index is 0.0615. The van der Waals surface area contributed by atoms with Crippen LogP contribution in [0.3, 0.4) is 0 Å². The fraction of sp³-hybridized carbons (Fsp3) is 0.368. The fourth-order valence-electron chi connectivity index (χ4n) is 3.39. The van der Waals surface area contributed by atoms with E-state index in [0.29, 0.717) is 43.0 Å². The van der Waals surface area contributed by atoms with Crippen molar-refractivity contribution >= 4 is 21.9 Å². The molecule has 2 aromatic rings. The van der Waals surface area contributed by atoms with Crippen molar-refractivity contribution in [2.45, 2.75) is 12.5 Å². The van der Waals surface area contributed by atoms with Crippen molar-refractivity contribution in [3.8, 4) is 11.4 Å². The van der Waals surface area contributed by atoms with Crippen LogP contribution in [0.1, 0.15) is 6.42 Å². The van der Waals surface area contributed by atoms with E-state index in [4.69, 9.17) is 9.72 Å². The van der Waals surface area contributed by atoms with Gasteiger partial charge in [-0.05, 0) is 12.5 Å². The lowest BCUT2D eigenvalue weighted by Crippen LogP contribution is -2.47. The van der Waals surface area contributed by atoms with Gasteiger partial charge in [0, 0.05) is 42.8 Å². The average Bonchev–Trinajstić information content (AvgIpc) is 2.71. The molecule has 27 heavy (non-hydrogen) atoms. The topological polar surface area (TPSA) is 73.1 Å². The van der Waals surface area contributed by atoms with Gasteiger partial charge in [-0.3, -0.25) is 9.36 Å². The highest BCUT2D eigenvalue weighted by Gasteiger charge is 2.29. The molecule has 4 rings (SSSR count). The van der Waals surface area contributed by atoms with Crippen LogP contribution in [0.4, 0.5) is 5.95 Å². The van der Waals surface area contributed by atoms with Crippen molar-refractivity contribution in [2.75, 3.05) is 24.6 Å². The van der Waals surface area contributed by atoms with Crippen molar-refractivity contribution in [3.05, 3.63) is 57.7 Å². The number of anilines is 1. The Balaban J connectivity index is 1.61. The van der Waals surface area contributed by atoms with Gasteiger partial charge in [0.05, 0.1) is 24.1 Å². The third-order valence-corrected chi connectivity index (χ3v) is 5.49. The Bertz CT molecular complexity index is 941. The molecule has 1 aliphatic heterocycles. The number of hydrogen-bond acceptors (Lipinski definition) is 6. The van der Waals surface area contributed by atoms with E-state index in [9.17, 15) is 4.79 Å². The molecule has 0 radical (unpaired) electrons. The van der Waals surface area contributed by atoms with Gasteiger partial charge in [-0.25, -0.2) is 15.0 Å². The van der Waals surface area contributed by atoms with Gasteiger partial charge < -0.3 is 9.64 Å². The maximum Gasteiger partial charge on any atom is 0.255 e. The molecule has 8 heteroatoms. The van der Waals surface area contributed by atoms with Crippen LogP contribution in [-0.2, 0) is 11.8 Å². The van der Waals surface area contributed by atoms with E-state index in [1.165, 1.54) is 12.4 Å². The van der Waals surface area contributed by atoms with Crippen LogP contribution in [0.25, 0.3) is 11.4 Å². The monoisotopic (exact) mass is 429 g/mol. The molecule has 1 fully saturated rings. The first-order valence-corrected chi connectivity index (χ1v) is 9.66. The minimum atomic E-state index is -0.110. The van der Waals surface area contributed by atoms with Crippen molar-refractivity contribution in [3.63, 3.8) is 0 Å². The number of nitrogens with zero attached hydrogens (tertiary/aromatic N) is 5. The molecule has 2 aliphatic rings. The zero-order chi connectivity index (χ0) is 18.8. The Labute approximate surface area is 165 Å². The predicted octanol–water partition coefficient (Wildman–Crippen LogP) is 2.30. The first-order chi connectivity index (χ1) is 13.1. The second-order valence-corrected chi connectivity index (χ2v) is 7.55. The zero-order valence-corrected chi connectivity index (χ0v) is 16.5. The first-order valence-electron chi connectivity index (χ1n) is 8.86. The molecule has 2 aromatic heterocycles. The quantitative estimate of drug-likeness (QED) is 0.744. The van der Waals surface area contributed by atoms with Crippen molar-refractivity contribution in [2.24, 2.45) is 13.0 Å². The highest BCUT2D eigenvalue weighted by atomic mass is 79.9. The van der Waals surface area contributed by atoms with Crippen molar-refractivity contribution < 1.29 is 4.74 Å². The van der Waals surface area contributed by atoms with Gasteiger partial charge in [0.15, 0.2) is 0 Å². The van der Waals surface area contributed by atoms with Crippen molar-refractivity contribution in [1.29, 1.82) is 0 Å². The molecule has 0 spiro atoms. The van der Waals surface area contributed by atoms with E-state index in [0.717, 1.165) is 10.9 Å². The first kappa shape index (κ1) is 18.1. The molecule has 0 saturated carbocycles. The SMILES string of the molecule is Cn1c(N2CCO[C@H](C3C=CC(Br)=CC3)C2)nc(-c2ccncn2)cc1=O. The fourth-order valence-corrected chi connectivity index (χ4v) is 3.73. The number of aromatic nitrogens is 4. The molecule has 0 aromatic carbocycles. The van der Waals surface area contributed by atoms with E-state index in [1.54, 1.807) is 23.9 Å². The lowest BCUT2D eigenvalue weighted by Gasteiger charge is -2.37. The number of hydrogen-bond donors (Lipinski definition) is 0. The summed E-state index contributed by atoms with van der Waals surface area (Å²) in [6, 6.07) is 3.26. The van der Waals surface area contributed by atoms with Gasteiger partial charge in [-0.1, -0.05) is 34.2 Å². The smallest absolute Gasteiger partial charge is 0.255 e. The normalized spacial score (nSPS) is 22.6. The largest absolute Gasteiger partial charge is 0.374 e. The van der Waals surface area contributed by atoms with Gasteiger partial charge >= 0.3 is 0 Å². The molecule has 1 unspecified atom stereocenters. The van der Waals surface area contributed by atoms with E-state index in [2.05, 4.69) is 49.0 Å². The lowest BCUT2D eigenvalue weighted by molar-refractivity contribution is 0.0139. The summed E-state index contributed by atoms with van der Waals surface area (Å²) in [5.41, 5.74) is 1.09.